The molecule has 4 nitrogen and oxygen atoms in total. The average Bonchev–Trinajstić information content (AvgIpc) is 2.57. The summed E-state index contributed by atoms with van der Waals surface area (Å²) >= 11 is 6.01. The molecule has 0 saturated heterocycles. The summed E-state index contributed by atoms with van der Waals surface area (Å²) in [5, 5.41) is 11.4. The molecule has 0 aliphatic rings. The smallest absolute Gasteiger partial charge is 0.258 e. The molecule has 0 unspecified atom stereocenters. The molecule has 1 heterocycles. The lowest BCUT2D eigenvalue weighted by Gasteiger charge is -2.02. The fourth-order valence-corrected chi connectivity index (χ4v) is 2.74. The Morgan fingerprint density at radius 3 is 2.21 bits per heavy atom. The normalized spacial score (nSPS) is 10.5. The summed E-state index contributed by atoms with van der Waals surface area (Å²) in [7, 11) is 0. The molecular weight excluding hydrogens is 324 g/mol. The first-order valence-corrected chi connectivity index (χ1v) is 7.94. The van der Waals surface area contributed by atoms with E-state index in [1.54, 1.807) is 12.1 Å². The Balaban J connectivity index is 1.67. The summed E-state index contributed by atoms with van der Waals surface area (Å²) in [6.45, 7) is 0.762. The Kier molecular flexibility index (Phi) is 4.87. The van der Waals surface area contributed by atoms with E-state index in [4.69, 9.17) is 11.6 Å². The Morgan fingerprint density at radius 2 is 1.58 bits per heavy atom. The Bertz CT molecular complexity index is 846. The van der Waals surface area contributed by atoms with Gasteiger partial charge in [-0.1, -0.05) is 35.9 Å². The average molecular weight is 340 g/mol. The number of hydrogen-bond acceptors (Lipinski definition) is 2. The van der Waals surface area contributed by atoms with Gasteiger partial charge in [0, 0.05) is 34.9 Å². The molecular formula is C19H16ClN2O2+. The number of nitro groups is 1. The molecule has 0 amide bonds. The van der Waals surface area contributed by atoms with Crippen molar-refractivity contribution in [2.45, 2.75) is 13.0 Å². The summed E-state index contributed by atoms with van der Waals surface area (Å²) in [5.74, 6) is 0. The van der Waals surface area contributed by atoms with Gasteiger partial charge >= 0.3 is 0 Å². The maximum Gasteiger partial charge on any atom is 0.269 e. The highest BCUT2D eigenvalue weighted by atomic mass is 35.5. The SMILES string of the molecule is O=[N+]([O-])c1ccc(Cc2cc[n+](Cc3cccc(Cl)c3)cc2)cc1. The van der Waals surface area contributed by atoms with Gasteiger partial charge in [-0.2, -0.15) is 0 Å². The van der Waals surface area contributed by atoms with Gasteiger partial charge in [0.15, 0.2) is 18.9 Å². The Hall–Kier alpha value is -2.72. The quantitative estimate of drug-likeness (QED) is 0.398. The van der Waals surface area contributed by atoms with Crippen LogP contribution >= 0.6 is 11.6 Å². The van der Waals surface area contributed by atoms with Crippen LogP contribution in [0.15, 0.2) is 73.1 Å². The molecule has 120 valence electrons. The zero-order valence-electron chi connectivity index (χ0n) is 12.9. The van der Waals surface area contributed by atoms with E-state index in [0.29, 0.717) is 0 Å². The number of non-ortho nitro benzene ring substituents is 1. The number of hydrogen-bond donors (Lipinski definition) is 0. The number of halogens is 1. The molecule has 0 bridgehead atoms. The van der Waals surface area contributed by atoms with Gasteiger partial charge in [-0.3, -0.25) is 10.1 Å². The van der Waals surface area contributed by atoms with Gasteiger partial charge in [-0.25, -0.2) is 4.57 Å². The van der Waals surface area contributed by atoms with E-state index in [0.717, 1.165) is 34.7 Å². The zero-order chi connectivity index (χ0) is 16.9. The van der Waals surface area contributed by atoms with Gasteiger partial charge in [0.2, 0.25) is 0 Å². The molecule has 3 rings (SSSR count). The van der Waals surface area contributed by atoms with E-state index in [-0.39, 0.29) is 10.6 Å². The molecule has 2 aromatic carbocycles. The number of nitrogens with zero attached hydrogens (tertiary/aromatic N) is 2. The van der Waals surface area contributed by atoms with Crippen molar-refractivity contribution in [3.05, 3.63) is 105 Å². The second kappa shape index (κ2) is 7.23. The van der Waals surface area contributed by atoms with Gasteiger partial charge in [-0.15, -0.1) is 0 Å². The van der Waals surface area contributed by atoms with Crippen LogP contribution in [-0.2, 0) is 13.0 Å². The van der Waals surface area contributed by atoms with E-state index in [1.807, 2.05) is 36.7 Å². The molecule has 0 spiro atoms. The fraction of sp³-hybridized carbons (Fsp3) is 0.105. The summed E-state index contributed by atoms with van der Waals surface area (Å²) < 4.78 is 2.09. The van der Waals surface area contributed by atoms with Gasteiger partial charge in [0.05, 0.1) is 4.92 Å². The van der Waals surface area contributed by atoms with Crippen molar-refractivity contribution in [1.82, 2.24) is 0 Å². The lowest BCUT2D eigenvalue weighted by molar-refractivity contribution is -0.688. The van der Waals surface area contributed by atoms with Crippen LogP contribution in [0.2, 0.25) is 5.02 Å². The fourth-order valence-electron chi connectivity index (χ4n) is 2.53. The van der Waals surface area contributed by atoms with Crippen LogP contribution in [0.4, 0.5) is 5.69 Å². The van der Waals surface area contributed by atoms with Crippen molar-refractivity contribution in [3.63, 3.8) is 0 Å². The maximum absolute atomic E-state index is 10.7. The van der Waals surface area contributed by atoms with Crippen molar-refractivity contribution in [3.8, 4) is 0 Å². The van der Waals surface area contributed by atoms with Crippen LogP contribution in [0.5, 0.6) is 0 Å². The lowest BCUT2D eigenvalue weighted by atomic mass is 10.1. The van der Waals surface area contributed by atoms with Crippen LogP contribution in [0.25, 0.3) is 0 Å². The molecule has 0 radical (unpaired) electrons. The van der Waals surface area contributed by atoms with Crippen LogP contribution < -0.4 is 4.57 Å². The zero-order valence-corrected chi connectivity index (χ0v) is 13.7. The molecule has 0 N–H and O–H groups in total. The number of benzene rings is 2. The largest absolute Gasteiger partial charge is 0.269 e. The van der Waals surface area contributed by atoms with Gasteiger partial charge in [-0.05, 0) is 29.7 Å². The predicted molar refractivity (Wildman–Crippen MR) is 93.1 cm³/mol. The van der Waals surface area contributed by atoms with Crippen molar-refractivity contribution in [2.24, 2.45) is 0 Å². The molecule has 0 fully saturated rings. The predicted octanol–water partition coefficient (Wildman–Crippen LogP) is 4.17. The van der Waals surface area contributed by atoms with E-state index in [1.165, 1.54) is 12.1 Å². The topological polar surface area (TPSA) is 47.0 Å². The van der Waals surface area contributed by atoms with Crippen molar-refractivity contribution >= 4 is 17.3 Å². The van der Waals surface area contributed by atoms with Crippen LogP contribution in [-0.4, -0.2) is 4.92 Å². The molecule has 0 atom stereocenters. The highest BCUT2D eigenvalue weighted by Gasteiger charge is 2.06. The monoisotopic (exact) mass is 339 g/mol. The highest BCUT2D eigenvalue weighted by Crippen LogP contribution is 2.15. The minimum absolute atomic E-state index is 0.117. The molecule has 0 aliphatic heterocycles. The number of nitro benzene ring substituents is 1. The van der Waals surface area contributed by atoms with Crippen molar-refractivity contribution in [2.75, 3.05) is 0 Å². The van der Waals surface area contributed by atoms with Crippen molar-refractivity contribution < 1.29 is 9.49 Å². The Morgan fingerprint density at radius 1 is 0.917 bits per heavy atom. The van der Waals surface area contributed by atoms with E-state index < -0.39 is 0 Å². The molecule has 0 saturated carbocycles. The molecule has 5 heteroatoms. The van der Waals surface area contributed by atoms with Crippen LogP contribution in [0, 0.1) is 10.1 Å². The third kappa shape index (κ3) is 4.18. The van der Waals surface area contributed by atoms with Crippen molar-refractivity contribution in [1.29, 1.82) is 0 Å². The first kappa shape index (κ1) is 16.1. The number of pyridine rings is 1. The minimum Gasteiger partial charge on any atom is -0.258 e. The first-order chi connectivity index (χ1) is 11.6. The molecule has 1 aromatic heterocycles. The molecule has 0 aliphatic carbocycles. The third-order valence-corrected chi connectivity index (χ3v) is 4.00. The molecule has 3 aromatic rings. The van der Waals surface area contributed by atoms with E-state index >= 15 is 0 Å². The van der Waals surface area contributed by atoms with Gasteiger partial charge in [0.1, 0.15) is 0 Å². The summed E-state index contributed by atoms with van der Waals surface area (Å²) in [5.41, 5.74) is 3.47. The first-order valence-electron chi connectivity index (χ1n) is 7.56. The van der Waals surface area contributed by atoms with E-state index in [9.17, 15) is 10.1 Å². The molecule has 24 heavy (non-hydrogen) atoms. The van der Waals surface area contributed by atoms with Gasteiger partial charge < -0.3 is 0 Å². The Labute approximate surface area is 145 Å². The summed E-state index contributed by atoms with van der Waals surface area (Å²) in [6.07, 6.45) is 4.80. The van der Waals surface area contributed by atoms with E-state index in [2.05, 4.69) is 16.7 Å². The lowest BCUT2D eigenvalue weighted by Crippen LogP contribution is -2.33. The minimum atomic E-state index is -0.384. The van der Waals surface area contributed by atoms with Gasteiger partial charge in [0.25, 0.3) is 5.69 Å². The third-order valence-electron chi connectivity index (χ3n) is 3.77. The maximum atomic E-state index is 10.7. The number of rotatable bonds is 5. The van der Waals surface area contributed by atoms with Crippen LogP contribution in [0.3, 0.4) is 0 Å². The standard InChI is InChI=1S/C19H16ClN2O2/c20-18-3-1-2-17(13-18)14-21-10-8-16(9-11-21)12-15-4-6-19(7-5-15)22(23)24/h1-11,13H,12,14H2/q+1. The summed E-state index contributed by atoms with van der Waals surface area (Å²) in [6, 6.07) is 18.6. The van der Waals surface area contributed by atoms with Crippen LogP contribution in [0.1, 0.15) is 16.7 Å². The second-order valence-electron chi connectivity index (χ2n) is 5.61. The summed E-state index contributed by atoms with van der Waals surface area (Å²) in [4.78, 5) is 10.3. The number of aromatic nitrogens is 1. The second-order valence-corrected chi connectivity index (χ2v) is 6.05. The highest BCUT2D eigenvalue weighted by molar-refractivity contribution is 6.30.